The Balaban J connectivity index is 1.40. The van der Waals surface area contributed by atoms with Gasteiger partial charge in [-0.15, -0.1) is 0 Å². The number of carbonyl (C=O) groups is 1. The molecular weight excluding hydrogens is 440 g/mol. The molecule has 0 bridgehead atoms. The highest BCUT2D eigenvalue weighted by molar-refractivity contribution is 5.87. The van der Waals surface area contributed by atoms with Crippen molar-refractivity contribution in [2.45, 2.75) is 19.3 Å². The average molecular weight is 473 g/mol. The van der Waals surface area contributed by atoms with Crippen molar-refractivity contribution in [2.75, 3.05) is 56.5 Å². The summed E-state index contributed by atoms with van der Waals surface area (Å²) in [5, 5.41) is 10.6. The van der Waals surface area contributed by atoms with Gasteiger partial charge in [0.25, 0.3) is 0 Å². The number of piperazine rings is 1. The molecule has 1 amide bonds. The zero-order chi connectivity index (χ0) is 24.4. The summed E-state index contributed by atoms with van der Waals surface area (Å²) in [5.74, 6) is 3.38. The van der Waals surface area contributed by atoms with Crippen molar-refractivity contribution < 1.29 is 4.79 Å². The Morgan fingerprint density at radius 1 is 1.09 bits per heavy atom. The molecule has 9 heteroatoms. The molecule has 2 aliphatic rings. The first-order valence-corrected chi connectivity index (χ1v) is 12.1. The Labute approximate surface area is 205 Å². The first-order valence-electron chi connectivity index (χ1n) is 12.1. The highest BCUT2D eigenvalue weighted by Crippen LogP contribution is 2.30. The number of hydrogen-bond donors (Lipinski definition) is 2. The van der Waals surface area contributed by atoms with Crippen LogP contribution in [0.4, 0.5) is 17.5 Å². The molecule has 9 nitrogen and oxygen atoms in total. The van der Waals surface area contributed by atoms with Crippen LogP contribution in [0.25, 0.3) is 11.4 Å². The molecule has 35 heavy (non-hydrogen) atoms. The van der Waals surface area contributed by atoms with Crippen molar-refractivity contribution in [1.29, 1.82) is 0 Å². The van der Waals surface area contributed by atoms with Crippen molar-refractivity contribution >= 4 is 23.4 Å². The number of rotatable bonds is 6. The standard InChI is InChI=1S/C26H32N8O/c1-4-25(35)34-10-9-21(17-34)19-5-7-20(8-6-19)26-28-22(27-23-15-18(2)30-31-23)16-24(29-26)33-13-11-32(3)12-14-33/h4-8,15-16,21H,1,9-14,17H2,2-3H3,(H2,27,28,29,30,31). The lowest BCUT2D eigenvalue weighted by Crippen LogP contribution is -2.44. The van der Waals surface area contributed by atoms with E-state index < -0.39 is 0 Å². The molecular formula is C26H32N8O. The molecule has 1 atom stereocenters. The Hall–Kier alpha value is -3.72. The largest absolute Gasteiger partial charge is 0.354 e. The number of nitrogens with one attached hydrogen (secondary N) is 2. The zero-order valence-electron chi connectivity index (χ0n) is 20.4. The number of likely N-dealkylation sites (N-methyl/N-ethyl adjacent to an activating group) is 1. The summed E-state index contributed by atoms with van der Waals surface area (Å²) in [4.78, 5) is 28.2. The number of aromatic amines is 1. The summed E-state index contributed by atoms with van der Waals surface area (Å²) in [5.41, 5.74) is 3.17. The fraction of sp³-hybridized carbons (Fsp3) is 0.385. The van der Waals surface area contributed by atoms with E-state index in [-0.39, 0.29) is 5.91 Å². The predicted octanol–water partition coefficient (Wildman–Crippen LogP) is 3.17. The second-order valence-electron chi connectivity index (χ2n) is 9.38. The van der Waals surface area contributed by atoms with E-state index in [1.54, 1.807) is 0 Å². The van der Waals surface area contributed by atoms with Crippen LogP contribution in [0.2, 0.25) is 0 Å². The minimum Gasteiger partial charge on any atom is -0.354 e. The van der Waals surface area contributed by atoms with Crippen molar-refractivity contribution in [3.8, 4) is 11.4 Å². The van der Waals surface area contributed by atoms with Gasteiger partial charge in [-0.05, 0) is 32.0 Å². The van der Waals surface area contributed by atoms with E-state index in [9.17, 15) is 4.79 Å². The van der Waals surface area contributed by atoms with Crippen molar-refractivity contribution in [2.24, 2.45) is 0 Å². The molecule has 2 N–H and O–H groups in total. The molecule has 1 aromatic carbocycles. The number of anilines is 3. The molecule has 2 aromatic heterocycles. The maximum atomic E-state index is 11.9. The molecule has 2 aliphatic heterocycles. The maximum absolute atomic E-state index is 11.9. The highest BCUT2D eigenvalue weighted by Gasteiger charge is 2.26. The summed E-state index contributed by atoms with van der Waals surface area (Å²) in [6.07, 6.45) is 2.36. The molecule has 2 fully saturated rings. The molecule has 0 saturated carbocycles. The van der Waals surface area contributed by atoms with Gasteiger partial charge in [-0.1, -0.05) is 30.8 Å². The predicted molar refractivity (Wildman–Crippen MR) is 138 cm³/mol. The number of aryl methyl sites for hydroxylation is 1. The van der Waals surface area contributed by atoms with Gasteiger partial charge in [-0.2, -0.15) is 5.10 Å². The van der Waals surface area contributed by atoms with Crippen LogP contribution in [0.1, 0.15) is 23.6 Å². The van der Waals surface area contributed by atoms with Gasteiger partial charge in [0.05, 0.1) is 0 Å². The van der Waals surface area contributed by atoms with E-state index in [1.165, 1.54) is 11.6 Å². The van der Waals surface area contributed by atoms with E-state index in [1.807, 2.05) is 24.0 Å². The third-order valence-electron chi connectivity index (χ3n) is 6.82. The number of aromatic nitrogens is 4. The van der Waals surface area contributed by atoms with Crippen LogP contribution in [-0.2, 0) is 4.79 Å². The quantitative estimate of drug-likeness (QED) is 0.532. The molecule has 5 rings (SSSR count). The SMILES string of the molecule is C=CC(=O)N1CCC(c2ccc(-c3nc(Nc4cc(C)[nH]n4)cc(N4CCN(C)CC4)n3)cc2)C1. The van der Waals surface area contributed by atoms with E-state index >= 15 is 0 Å². The van der Waals surface area contributed by atoms with Gasteiger partial charge < -0.3 is 20.0 Å². The zero-order valence-corrected chi connectivity index (χ0v) is 20.4. The summed E-state index contributed by atoms with van der Waals surface area (Å²) in [6, 6.07) is 12.4. The Kier molecular flexibility index (Phi) is 6.50. The smallest absolute Gasteiger partial charge is 0.245 e. The molecule has 0 radical (unpaired) electrons. The van der Waals surface area contributed by atoms with Crippen molar-refractivity contribution in [1.82, 2.24) is 30.0 Å². The second-order valence-corrected chi connectivity index (χ2v) is 9.38. The lowest BCUT2D eigenvalue weighted by molar-refractivity contribution is -0.125. The summed E-state index contributed by atoms with van der Waals surface area (Å²) >= 11 is 0. The van der Waals surface area contributed by atoms with Crippen LogP contribution < -0.4 is 10.2 Å². The van der Waals surface area contributed by atoms with Gasteiger partial charge in [0.1, 0.15) is 11.6 Å². The molecule has 2 saturated heterocycles. The summed E-state index contributed by atoms with van der Waals surface area (Å²) < 4.78 is 0. The van der Waals surface area contributed by atoms with Crippen molar-refractivity contribution in [3.05, 3.63) is 60.3 Å². The van der Waals surface area contributed by atoms with Gasteiger partial charge in [0, 0.05) is 68.6 Å². The third kappa shape index (κ3) is 5.19. The van der Waals surface area contributed by atoms with Crippen LogP contribution in [-0.4, -0.2) is 82.2 Å². The molecule has 0 spiro atoms. The maximum Gasteiger partial charge on any atom is 0.245 e. The van der Waals surface area contributed by atoms with Gasteiger partial charge in [-0.3, -0.25) is 9.89 Å². The number of amides is 1. The van der Waals surface area contributed by atoms with Gasteiger partial charge in [0.2, 0.25) is 5.91 Å². The Morgan fingerprint density at radius 3 is 2.54 bits per heavy atom. The van der Waals surface area contributed by atoms with E-state index in [0.717, 1.165) is 68.6 Å². The first-order chi connectivity index (χ1) is 17.0. The minimum absolute atomic E-state index is 0.00498. The molecule has 182 valence electrons. The van der Waals surface area contributed by atoms with Crippen LogP contribution in [0, 0.1) is 6.92 Å². The van der Waals surface area contributed by atoms with Crippen LogP contribution in [0.15, 0.2) is 49.1 Å². The lowest BCUT2D eigenvalue weighted by Gasteiger charge is -2.33. The van der Waals surface area contributed by atoms with Crippen LogP contribution in [0.3, 0.4) is 0 Å². The number of carbonyl (C=O) groups excluding carboxylic acids is 1. The van der Waals surface area contributed by atoms with Crippen LogP contribution >= 0.6 is 0 Å². The third-order valence-corrected chi connectivity index (χ3v) is 6.82. The number of benzene rings is 1. The van der Waals surface area contributed by atoms with Gasteiger partial charge in [0.15, 0.2) is 11.6 Å². The Bertz CT molecular complexity index is 1200. The average Bonchev–Trinajstić information content (AvgIpc) is 3.53. The molecule has 3 aromatic rings. The van der Waals surface area contributed by atoms with Gasteiger partial charge >= 0.3 is 0 Å². The van der Waals surface area contributed by atoms with Crippen LogP contribution in [0.5, 0.6) is 0 Å². The van der Waals surface area contributed by atoms with E-state index in [4.69, 9.17) is 9.97 Å². The van der Waals surface area contributed by atoms with E-state index in [0.29, 0.717) is 17.6 Å². The number of nitrogens with zero attached hydrogens (tertiary/aromatic N) is 6. The fourth-order valence-electron chi connectivity index (χ4n) is 4.70. The molecule has 1 unspecified atom stereocenters. The normalized spacial score (nSPS) is 18.6. The molecule has 4 heterocycles. The second kappa shape index (κ2) is 9.87. The molecule has 0 aliphatic carbocycles. The Morgan fingerprint density at radius 2 is 1.86 bits per heavy atom. The lowest BCUT2D eigenvalue weighted by atomic mass is 9.97. The van der Waals surface area contributed by atoms with Crippen molar-refractivity contribution in [3.63, 3.8) is 0 Å². The monoisotopic (exact) mass is 472 g/mol. The highest BCUT2D eigenvalue weighted by atomic mass is 16.2. The number of likely N-dealkylation sites (tertiary alicyclic amines) is 1. The first kappa shape index (κ1) is 23.0. The number of H-pyrrole nitrogens is 1. The minimum atomic E-state index is 0.00498. The number of hydrogen-bond acceptors (Lipinski definition) is 7. The fourth-order valence-corrected chi connectivity index (χ4v) is 4.70. The van der Waals surface area contributed by atoms with Gasteiger partial charge in [-0.25, -0.2) is 9.97 Å². The topological polar surface area (TPSA) is 93.3 Å². The summed E-state index contributed by atoms with van der Waals surface area (Å²) in [6.45, 7) is 10.9. The van der Waals surface area contributed by atoms with E-state index in [2.05, 4.69) is 63.2 Å². The summed E-state index contributed by atoms with van der Waals surface area (Å²) in [7, 11) is 2.15.